The summed E-state index contributed by atoms with van der Waals surface area (Å²) in [5, 5.41) is 4.72. The van der Waals surface area contributed by atoms with Gasteiger partial charge >= 0.3 is 0 Å². The third-order valence-electron chi connectivity index (χ3n) is 11.1. The van der Waals surface area contributed by atoms with Crippen LogP contribution in [-0.4, -0.2) is 14.1 Å². The van der Waals surface area contributed by atoms with Crippen LogP contribution < -0.4 is 0 Å². The van der Waals surface area contributed by atoms with Gasteiger partial charge in [0.05, 0.1) is 22.1 Å². The number of pyridine rings is 1. The molecule has 3 nitrogen and oxygen atoms in total. The normalized spacial score (nSPS) is 11.8. The highest BCUT2D eigenvalue weighted by molar-refractivity contribution is 6.20. The van der Waals surface area contributed by atoms with E-state index in [1.54, 1.807) is 0 Å². The maximum Gasteiger partial charge on any atom is 0.0802 e. The molecule has 56 heavy (non-hydrogen) atoms. The molecule has 10 rings (SSSR count). The number of hydrogen-bond acceptors (Lipinski definition) is 1. The molecule has 0 amide bonds. The van der Waals surface area contributed by atoms with Gasteiger partial charge in [0.2, 0.25) is 0 Å². The second-order valence-corrected chi connectivity index (χ2v) is 14.6. The minimum absolute atomic E-state index is 1.02. The van der Waals surface area contributed by atoms with Gasteiger partial charge in [0.25, 0.3) is 0 Å². The van der Waals surface area contributed by atoms with Gasteiger partial charge < -0.3 is 9.13 Å². The Bertz CT molecular complexity index is 3160. The lowest BCUT2D eigenvalue weighted by molar-refractivity contribution is 1.10. The highest BCUT2D eigenvalue weighted by atomic mass is 15.0. The Balaban J connectivity index is 1.18. The van der Waals surface area contributed by atoms with Crippen molar-refractivity contribution >= 4 is 49.7 Å². The summed E-state index contributed by atoms with van der Waals surface area (Å²) in [6.45, 7) is 8.40. The fourth-order valence-corrected chi connectivity index (χ4v) is 8.53. The van der Waals surface area contributed by atoms with Gasteiger partial charge in [-0.25, -0.2) is 0 Å². The summed E-state index contributed by atoms with van der Waals surface area (Å²) in [4.78, 5) is 4.93. The van der Waals surface area contributed by atoms with Gasteiger partial charge in [0.1, 0.15) is 0 Å². The molecular formula is C53H39N3. The molecule has 0 aliphatic heterocycles. The van der Waals surface area contributed by atoms with Crippen LogP contribution in [0.3, 0.4) is 0 Å². The van der Waals surface area contributed by atoms with E-state index in [0.29, 0.717) is 0 Å². The molecule has 0 bridgehead atoms. The Morgan fingerprint density at radius 2 is 1.20 bits per heavy atom. The standard InChI is InChI=1S/C53H39N3/c1-4-5-21-48-36(3)47-33-41(24-26-49(47)55(48)44-20-12-18-40(31-44)37-14-8-6-9-15-37)42-22-25-46-51(34-42)56(50-27-23-39-19-13-28-54-53(39)52(46)50)45-30-35(2)29-43(32-45)38-16-10-7-11-17-38/h4-34H,1H2,2-3H3/b21-5-. The van der Waals surface area contributed by atoms with Crippen LogP contribution in [-0.2, 0) is 0 Å². The molecular weight excluding hydrogens is 679 g/mol. The van der Waals surface area contributed by atoms with E-state index in [4.69, 9.17) is 4.98 Å². The predicted molar refractivity (Wildman–Crippen MR) is 238 cm³/mol. The quantitative estimate of drug-likeness (QED) is 0.151. The Kier molecular flexibility index (Phi) is 8.08. The second kappa shape index (κ2) is 13.6. The molecule has 0 aliphatic carbocycles. The molecule has 3 aromatic heterocycles. The number of aromatic nitrogens is 3. The number of benzene rings is 7. The third-order valence-corrected chi connectivity index (χ3v) is 11.1. The van der Waals surface area contributed by atoms with Gasteiger partial charge in [-0.1, -0.05) is 128 Å². The molecule has 3 heterocycles. The number of rotatable bonds is 7. The molecule has 0 spiro atoms. The third kappa shape index (κ3) is 5.56. The summed E-state index contributed by atoms with van der Waals surface area (Å²) in [7, 11) is 0. The monoisotopic (exact) mass is 717 g/mol. The first-order valence-corrected chi connectivity index (χ1v) is 19.2. The summed E-state index contributed by atoms with van der Waals surface area (Å²) in [5.41, 5.74) is 17.5. The van der Waals surface area contributed by atoms with Crippen LogP contribution in [0.1, 0.15) is 16.8 Å². The van der Waals surface area contributed by atoms with E-state index >= 15 is 0 Å². The smallest absolute Gasteiger partial charge is 0.0802 e. The molecule has 10 aromatic rings. The topological polar surface area (TPSA) is 22.8 Å². The minimum Gasteiger partial charge on any atom is -0.310 e. The Morgan fingerprint density at radius 3 is 2.00 bits per heavy atom. The molecule has 266 valence electrons. The average molecular weight is 718 g/mol. The van der Waals surface area contributed by atoms with Crippen molar-refractivity contribution in [3.63, 3.8) is 0 Å². The molecule has 0 fully saturated rings. The van der Waals surface area contributed by atoms with Gasteiger partial charge in [-0.15, -0.1) is 0 Å². The first kappa shape index (κ1) is 33.3. The van der Waals surface area contributed by atoms with E-state index in [0.717, 1.165) is 44.6 Å². The first-order valence-electron chi connectivity index (χ1n) is 19.2. The van der Waals surface area contributed by atoms with Gasteiger partial charge in [0.15, 0.2) is 0 Å². The van der Waals surface area contributed by atoms with Gasteiger partial charge in [0, 0.05) is 44.8 Å². The van der Waals surface area contributed by atoms with Gasteiger partial charge in [-0.3, -0.25) is 4.98 Å². The largest absolute Gasteiger partial charge is 0.310 e. The zero-order chi connectivity index (χ0) is 37.8. The minimum atomic E-state index is 1.02. The fraction of sp³-hybridized carbons (Fsp3) is 0.0377. The number of nitrogens with zero attached hydrogens (tertiary/aromatic N) is 3. The number of fused-ring (bicyclic) bond motifs is 6. The molecule has 3 heteroatoms. The van der Waals surface area contributed by atoms with Crippen molar-refractivity contribution in [3.8, 4) is 44.8 Å². The van der Waals surface area contributed by atoms with Crippen molar-refractivity contribution in [2.24, 2.45) is 0 Å². The van der Waals surface area contributed by atoms with Crippen LogP contribution in [0.4, 0.5) is 0 Å². The number of aryl methyl sites for hydroxylation is 2. The maximum atomic E-state index is 4.93. The van der Waals surface area contributed by atoms with E-state index in [1.807, 2.05) is 24.4 Å². The second-order valence-electron chi connectivity index (χ2n) is 14.6. The van der Waals surface area contributed by atoms with Crippen molar-refractivity contribution in [1.82, 2.24) is 14.1 Å². The van der Waals surface area contributed by atoms with Crippen LogP contribution in [0, 0.1) is 13.8 Å². The van der Waals surface area contributed by atoms with Crippen LogP contribution in [0.25, 0.3) is 94.4 Å². The van der Waals surface area contributed by atoms with Gasteiger partial charge in [-0.2, -0.15) is 0 Å². The van der Waals surface area contributed by atoms with Crippen molar-refractivity contribution in [2.75, 3.05) is 0 Å². The summed E-state index contributed by atoms with van der Waals surface area (Å²) in [6.07, 6.45) is 7.95. The lowest BCUT2D eigenvalue weighted by Crippen LogP contribution is -1.97. The summed E-state index contributed by atoms with van der Waals surface area (Å²) < 4.78 is 4.81. The first-order chi connectivity index (χ1) is 27.6. The van der Waals surface area contributed by atoms with Crippen molar-refractivity contribution in [1.29, 1.82) is 0 Å². The molecule has 0 saturated heterocycles. The van der Waals surface area contributed by atoms with E-state index in [1.165, 1.54) is 60.6 Å². The Labute approximate surface area is 326 Å². The van der Waals surface area contributed by atoms with Crippen LogP contribution >= 0.6 is 0 Å². The lowest BCUT2D eigenvalue weighted by Gasteiger charge is -2.13. The fourth-order valence-electron chi connectivity index (χ4n) is 8.53. The summed E-state index contributed by atoms with van der Waals surface area (Å²) in [5.74, 6) is 0. The SMILES string of the molecule is C=C/C=C\c1c(C)c2cc(-c3ccc4c5c6ncccc6ccc5n(-c5cc(C)cc(-c6ccccc6)c5)c4c3)ccc2n1-c1cccc(-c2ccccc2)c1. The van der Waals surface area contributed by atoms with Crippen LogP contribution in [0.5, 0.6) is 0 Å². The molecule has 0 radical (unpaired) electrons. The lowest BCUT2D eigenvalue weighted by atomic mass is 10.00. The molecule has 0 unspecified atom stereocenters. The van der Waals surface area contributed by atoms with E-state index in [-0.39, 0.29) is 0 Å². The van der Waals surface area contributed by atoms with Crippen molar-refractivity contribution in [2.45, 2.75) is 13.8 Å². The molecule has 0 N–H and O–H groups in total. The van der Waals surface area contributed by atoms with Crippen LogP contribution in [0.15, 0.2) is 189 Å². The van der Waals surface area contributed by atoms with E-state index in [9.17, 15) is 0 Å². The predicted octanol–water partition coefficient (Wildman–Crippen LogP) is 14.1. The van der Waals surface area contributed by atoms with E-state index < -0.39 is 0 Å². The highest BCUT2D eigenvalue weighted by Crippen LogP contribution is 2.40. The van der Waals surface area contributed by atoms with Crippen molar-refractivity contribution in [3.05, 3.63) is 206 Å². The Morgan fingerprint density at radius 1 is 0.500 bits per heavy atom. The van der Waals surface area contributed by atoms with Crippen LogP contribution in [0.2, 0.25) is 0 Å². The maximum absolute atomic E-state index is 4.93. The number of allylic oxidation sites excluding steroid dienone is 2. The van der Waals surface area contributed by atoms with Gasteiger partial charge in [-0.05, 0) is 119 Å². The number of hydrogen-bond donors (Lipinski definition) is 0. The summed E-state index contributed by atoms with van der Waals surface area (Å²) >= 11 is 0. The molecule has 0 aliphatic rings. The molecule has 0 saturated carbocycles. The van der Waals surface area contributed by atoms with E-state index in [2.05, 4.69) is 193 Å². The average Bonchev–Trinajstić information content (AvgIpc) is 3.74. The highest BCUT2D eigenvalue weighted by Gasteiger charge is 2.19. The Hall–Kier alpha value is -7.23. The summed E-state index contributed by atoms with van der Waals surface area (Å²) in [6, 6.07) is 59.4. The molecule has 7 aromatic carbocycles. The van der Waals surface area contributed by atoms with Crippen molar-refractivity contribution < 1.29 is 0 Å². The molecule has 0 atom stereocenters. The zero-order valence-electron chi connectivity index (χ0n) is 31.4. The zero-order valence-corrected chi connectivity index (χ0v) is 31.4.